The predicted molar refractivity (Wildman–Crippen MR) is 81.1 cm³/mol. The first-order valence-corrected chi connectivity index (χ1v) is 6.59. The predicted octanol–water partition coefficient (Wildman–Crippen LogP) is 3.02. The third kappa shape index (κ3) is 3.70. The molecule has 0 aliphatic rings. The topological polar surface area (TPSA) is 90.4 Å². The monoisotopic (exact) mass is 287 g/mol. The molecule has 0 unspecified atom stereocenters. The third-order valence-electron chi connectivity index (χ3n) is 3.18. The van der Waals surface area contributed by atoms with Gasteiger partial charge in [0.1, 0.15) is 12.4 Å². The number of aryl methyl sites for hydroxylation is 1. The molecule has 2 aromatic carbocycles. The molecule has 0 atom stereocenters. The summed E-state index contributed by atoms with van der Waals surface area (Å²) in [6.45, 7) is 2.28. The Hall–Kier alpha value is -2.60. The lowest BCUT2D eigenvalue weighted by Gasteiger charge is -2.11. The molecule has 0 aliphatic heterocycles. The van der Waals surface area contributed by atoms with Crippen LogP contribution in [0.4, 0.5) is 11.4 Å². The number of ether oxygens (including phenoxy) is 1. The molecule has 110 valence electrons. The van der Waals surface area contributed by atoms with Crippen molar-refractivity contribution in [3.05, 3.63) is 63.7 Å². The third-order valence-corrected chi connectivity index (χ3v) is 3.18. The Morgan fingerprint density at radius 2 is 1.95 bits per heavy atom. The summed E-state index contributed by atoms with van der Waals surface area (Å²) in [5.74, 6) is 6.12. The van der Waals surface area contributed by atoms with Gasteiger partial charge >= 0.3 is 0 Å². The number of hydrazine groups is 1. The van der Waals surface area contributed by atoms with Crippen molar-refractivity contribution < 1.29 is 9.66 Å². The van der Waals surface area contributed by atoms with E-state index in [-0.39, 0.29) is 12.3 Å². The standard InChI is InChI=1S/C15H17N3O3/c1-2-11-3-6-14(7-4-11)21-10-12-9-13(18(19)20)5-8-15(12)17-16/h3-9,17H,2,10,16H2,1H3. The summed E-state index contributed by atoms with van der Waals surface area (Å²) in [6, 6.07) is 12.2. The van der Waals surface area contributed by atoms with E-state index < -0.39 is 4.92 Å². The molecule has 0 spiro atoms. The van der Waals surface area contributed by atoms with E-state index in [1.54, 1.807) is 6.07 Å². The Morgan fingerprint density at radius 1 is 1.24 bits per heavy atom. The molecule has 0 amide bonds. The largest absolute Gasteiger partial charge is 0.489 e. The van der Waals surface area contributed by atoms with Gasteiger partial charge in [-0.15, -0.1) is 0 Å². The van der Waals surface area contributed by atoms with E-state index in [9.17, 15) is 10.1 Å². The molecule has 0 heterocycles. The number of nitro groups is 1. The number of nitrogens with zero attached hydrogens (tertiary/aromatic N) is 1. The van der Waals surface area contributed by atoms with Crippen LogP contribution < -0.4 is 16.0 Å². The maximum absolute atomic E-state index is 10.8. The summed E-state index contributed by atoms with van der Waals surface area (Å²) < 4.78 is 5.65. The molecule has 2 aromatic rings. The molecule has 0 fully saturated rings. The number of nitro benzene ring substituents is 1. The highest BCUT2D eigenvalue weighted by Crippen LogP contribution is 2.23. The maximum Gasteiger partial charge on any atom is 0.269 e. The van der Waals surface area contributed by atoms with E-state index >= 15 is 0 Å². The van der Waals surface area contributed by atoms with E-state index in [1.165, 1.54) is 17.7 Å². The smallest absolute Gasteiger partial charge is 0.269 e. The number of nitrogens with two attached hydrogens (primary N) is 1. The van der Waals surface area contributed by atoms with Gasteiger partial charge < -0.3 is 10.2 Å². The first-order chi connectivity index (χ1) is 10.1. The summed E-state index contributed by atoms with van der Waals surface area (Å²) in [5.41, 5.74) is 4.98. The highest BCUT2D eigenvalue weighted by Gasteiger charge is 2.10. The summed E-state index contributed by atoms with van der Waals surface area (Å²) in [7, 11) is 0. The summed E-state index contributed by atoms with van der Waals surface area (Å²) in [5, 5.41) is 10.8. The molecular formula is C15H17N3O3. The Balaban J connectivity index is 2.13. The van der Waals surface area contributed by atoms with Crippen molar-refractivity contribution in [2.75, 3.05) is 5.43 Å². The number of non-ortho nitro benzene ring substituents is 1. The van der Waals surface area contributed by atoms with Gasteiger partial charge in [0.15, 0.2) is 0 Å². The summed E-state index contributed by atoms with van der Waals surface area (Å²) in [6.07, 6.45) is 0.965. The van der Waals surface area contributed by atoms with Crippen molar-refractivity contribution in [1.82, 2.24) is 0 Å². The fourth-order valence-electron chi connectivity index (χ4n) is 1.94. The molecule has 0 aromatic heterocycles. The van der Waals surface area contributed by atoms with Crippen LogP contribution in [0, 0.1) is 10.1 Å². The normalized spacial score (nSPS) is 10.2. The van der Waals surface area contributed by atoms with Crippen LogP contribution in [0.1, 0.15) is 18.1 Å². The van der Waals surface area contributed by atoms with E-state index in [4.69, 9.17) is 10.6 Å². The quantitative estimate of drug-likeness (QED) is 0.484. The Kier molecular flexibility index (Phi) is 4.73. The Morgan fingerprint density at radius 3 is 2.52 bits per heavy atom. The molecule has 0 saturated carbocycles. The molecule has 0 saturated heterocycles. The molecule has 0 aliphatic carbocycles. The average Bonchev–Trinajstić information content (AvgIpc) is 2.53. The molecule has 0 bridgehead atoms. The number of benzene rings is 2. The Bertz CT molecular complexity index is 627. The first kappa shape index (κ1) is 14.8. The van der Waals surface area contributed by atoms with E-state index in [2.05, 4.69) is 12.3 Å². The van der Waals surface area contributed by atoms with Gasteiger partial charge in [0.2, 0.25) is 0 Å². The van der Waals surface area contributed by atoms with Crippen molar-refractivity contribution >= 4 is 11.4 Å². The second kappa shape index (κ2) is 6.71. The molecule has 3 N–H and O–H groups in total. The van der Waals surface area contributed by atoms with Crippen molar-refractivity contribution in [3.63, 3.8) is 0 Å². The van der Waals surface area contributed by atoms with E-state index in [1.807, 2.05) is 24.3 Å². The number of hydrogen-bond acceptors (Lipinski definition) is 5. The number of anilines is 1. The molecular weight excluding hydrogens is 270 g/mol. The van der Waals surface area contributed by atoms with Crippen LogP contribution in [0.15, 0.2) is 42.5 Å². The Labute approximate surface area is 122 Å². The fourth-order valence-corrected chi connectivity index (χ4v) is 1.94. The average molecular weight is 287 g/mol. The molecule has 6 nitrogen and oxygen atoms in total. The van der Waals surface area contributed by atoms with Crippen LogP contribution in [0.2, 0.25) is 0 Å². The van der Waals surface area contributed by atoms with Crippen LogP contribution in [0.3, 0.4) is 0 Å². The summed E-state index contributed by atoms with van der Waals surface area (Å²) >= 11 is 0. The van der Waals surface area contributed by atoms with Crippen molar-refractivity contribution in [1.29, 1.82) is 0 Å². The summed E-state index contributed by atoms with van der Waals surface area (Å²) in [4.78, 5) is 10.4. The first-order valence-electron chi connectivity index (χ1n) is 6.59. The van der Waals surface area contributed by atoms with Gasteiger partial charge in [-0.1, -0.05) is 19.1 Å². The molecule has 21 heavy (non-hydrogen) atoms. The van der Waals surface area contributed by atoms with Crippen LogP contribution in [-0.4, -0.2) is 4.92 Å². The lowest BCUT2D eigenvalue weighted by Crippen LogP contribution is -2.10. The number of hydrogen-bond donors (Lipinski definition) is 2. The van der Waals surface area contributed by atoms with Gasteiger partial charge in [-0.3, -0.25) is 16.0 Å². The number of nitrogens with one attached hydrogen (secondary N) is 1. The van der Waals surface area contributed by atoms with Crippen LogP contribution in [0.5, 0.6) is 5.75 Å². The van der Waals surface area contributed by atoms with Crippen LogP contribution in [0.25, 0.3) is 0 Å². The van der Waals surface area contributed by atoms with E-state index in [0.717, 1.165) is 6.42 Å². The zero-order chi connectivity index (χ0) is 15.2. The zero-order valence-electron chi connectivity index (χ0n) is 11.7. The van der Waals surface area contributed by atoms with Gasteiger partial charge in [0, 0.05) is 17.7 Å². The van der Waals surface area contributed by atoms with Gasteiger partial charge in [-0.2, -0.15) is 0 Å². The van der Waals surface area contributed by atoms with Crippen molar-refractivity contribution in [2.24, 2.45) is 5.84 Å². The van der Waals surface area contributed by atoms with Gasteiger partial charge in [-0.05, 0) is 30.2 Å². The maximum atomic E-state index is 10.8. The molecule has 2 rings (SSSR count). The lowest BCUT2D eigenvalue weighted by molar-refractivity contribution is -0.384. The van der Waals surface area contributed by atoms with Crippen molar-refractivity contribution in [2.45, 2.75) is 20.0 Å². The van der Waals surface area contributed by atoms with Gasteiger partial charge in [0.05, 0.1) is 10.6 Å². The minimum Gasteiger partial charge on any atom is -0.489 e. The van der Waals surface area contributed by atoms with Crippen LogP contribution in [-0.2, 0) is 13.0 Å². The lowest BCUT2D eigenvalue weighted by atomic mass is 10.1. The second-order valence-corrected chi connectivity index (χ2v) is 4.53. The number of nitrogen functional groups attached to an aromatic ring is 1. The van der Waals surface area contributed by atoms with Crippen LogP contribution >= 0.6 is 0 Å². The van der Waals surface area contributed by atoms with Gasteiger partial charge in [-0.25, -0.2) is 0 Å². The highest BCUT2D eigenvalue weighted by atomic mass is 16.6. The zero-order valence-corrected chi connectivity index (χ0v) is 11.7. The van der Waals surface area contributed by atoms with E-state index in [0.29, 0.717) is 17.0 Å². The molecule has 6 heteroatoms. The minimum absolute atomic E-state index is 0.00827. The fraction of sp³-hybridized carbons (Fsp3) is 0.200. The van der Waals surface area contributed by atoms with Gasteiger partial charge in [0.25, 0.3) is 5.69 Å². The SMILES string of the molecule is CCc1ccc(OCc2cc([N+](=O)[O-])ccc2NN)cc1. The van der Waals surface area contributed by atoms with Crippen molar-refractivity contribution in [3.8, 4) is 5.75 Å². The number of rotatable bonds is 6. The second-order valence-electron chi connectivity index (χ2n) is 4.53. The molecule has 0 radical (unpaired) electrons. The minimum atomic E-state index is -0.445. The highest BCUT2D eigenvalue weighted by molar-refractivity contribution is 5.55.